The Balaban J connectivity index is 0. The molecule has 0 atom stereocenters. The Labute approximate surface area is 93.8 Å². The molecule has 13 heavy (non-hydrogen) atoms. The second kappa shape index (κ2) is 7.04. The number of benzene rings is 1. The van der Waals surface area contributed by atoms with Gasteiger partial charge in [-0.15, -0.1) is 12.4 Å². The maximum atomic E-state index is 9.04. The third-order valence-electron chi connectivity index (χ3n) is 1.47. The fourth-order valence-corrected chi connectivity index (χ4v) is 0.891. The summed E-state index contributed by atoms with van der Waals surface area (Å²) >= 11 is 0. The molecule has 4 N–H and O–H groups in total. The molecule has 5 heteroatoms. The van der Waals surface area contributed by atoms with Crippen molar-refractivity contribution in [2.45, 2.75) is 6.42 Å². The van der Waals surface area contributed by atoms with E-state index in [1.807, 2.05) is 0 Å². The van der Waals surface area contributed by atoms with E-state index >= 15 is 0 Å². The summed E-state index contributed by atoms with van der Waals surface area (Å²) in [6, 6.07) is 4.71. The summed E-state index contributed by atoms with van der Waals surface area (Å²) in [6.45, 7) is 0.546. The average Bonchev–Trinajstić information content (AvgIpc) is 1.98. The van der Waals surface area contributed by atoms with Gasteiger partial charge in [0.15, 0.2) is 11.5 Å². The zero-order valence-electron chi connectivity index (χ0n) is 6.83. The number of halogens is 1. The van der Waals surface area contributed by atoms with Crippen LogP contribution in [0.15, 0.2) is 18.2 Å². The van der Waals surface area contributed by atoms with E-state index in [0.717, 1.165) is 5.56 Å². The van der Waals surface area contributed by atoms with Crippen LogP contribution in [-0.4, -0.2) is 16.8 Å². The molecule has 79 valence electrons. The van der Waals surface area contributed by atoms with E-state index in [1.54, 1.807) is 6.07 Å². The van der Waals surface area contributed by atoms with E-state index < -0.39 is 0 Å². The van der Waals surface area contributed by atoms with Gasteiger partial charge >= 0.3 is 0 Å². The summed E-state index contributed by atoms with van der Waals surface area (Å²) in [7, 11) is 0. The number of rotatable bonds is 2. The Morgan fingerprint density at radius 2 is 1.77 bits per heavy atom. The third-order valence-corrected chi connectivity index (χ3v) is 1.47. The first-order chi connectivity index (χ1) is 5.24. The molecule has 0 unspecified atom stereocenters. The minimum absolute atomic E-state index is 0. The van der Waals surface area contributed by atoms with E-state index in [2.05, 4.69) is 0 Å². The maximum absolute atomic E-state index is 9.04. The first-order valence-electron chi connectivity index (χ1n) is 3.45. The normalized spacial score (nSPS) is 8.38. The van der Waals surface area contributed by atoms with Crippen LogP contribution in [0, 0.1) is 0 Å². The number of hydrogen-bond donors (Lipinski definition) is 3. The van der Waals surface area contributed by atoms with Crippen molar-refractivity contribution in [1.29, 1.82) is 0 Å². The second-order valence-electron chi connectivity index (χ2n) is 2.36. The minimum atomic E-state index is -0.0919. The molecule has 0 saturated carbocycles. The third kappa shape index (κ3) is 4.39. The van der Waals surface area contributed by atoms with Crippen molar-refractivity contribution in [2.75, 3.05) is 6.54 Å². The summed E-state index contributed by atoms with van der Waals surface area (Å²) in [5.74, 6) is -0.179. The fourth-order valence-electron chi connectivity index (χ4n) is 0.891. The summed E-state index contributed by atoms with van der Waals surface area (Å²) in [4.78, 5) is 0. The minimum Gasteiger partial charge on any atom is -0.504 e. The SMILES string of the molecule is Cl.NCCc1ccc(O)c(O)c1.[Cu]. The molecule has 0 aliphatic heterocycles. The van der Waals surface area contributed by atoms with Crippen molar-refractivity contribution in [3.05, 3.63) is 23.8 Å². The Kier molecular flexibility index (Phi) is 8.16. The number of aromatic hydroxyl groups is 2. The molecule has 0 bridgehead atoms. The van der Waals surface area contributed by atoms with Crippen LogP contribution in [0.1, 0.15) is 5.56 Å². The number of phenolic OH excluding ortho intramolecular Hbond substituents is 2. The molecule has 0 spiro atoms. The molecule has 1 rings (SSSR count). The van der Waals surface area contributed by atoms with Gasteiger partial charge < -0.3 is 15.9 Å². The van der Waals surface area contributed by atoms with Crippen molar-refractivity contribution in [3.63, 3.8) is 0 Å². The van der Waals surface area contributed by atoms with E-state index in [9.17, 15) is 0 Å². The smallest absolute Gasteiger partial charge is 0.157 e. The molecule has 0 fully saturated rings. The summed E-state index contributed by atoms with van der Waals surface area (Å²) < 4.78 is 0. The van der Waals surface area contributed by atoms with Crippen LogP contribution in [-0.2, 0) is 23.5 Å². The summed E-state index contributed by atoms with van der Waals surface area (Å²) in [5.41, 5.74) is 6.24. The first-order valence-corrected chi connectivity index (χ1v) is 3.45. The Morgan fingerprint density at radius 3 is 2.23 bits per heavy atom. The first kappa shape index (κ1) is 15.1. The van der Waals surface area contributed by atoms with Crippen LogP contribution in [0.2, 0.25) is 0 Å². The molecular weight excluding hydrogens is 241 g/mol. The van der Waals surface area contributed by atoms with Crippen molar-refractivity contribution < 1.29 is 27.3 Å². The second-order valence-corrected chi connectivity index (χ2v) is 2.36. The quantitative estimate of drug-likeness (QED) is 0.544. The van der Waals surface area contributed by atoms with E-state index in [-0.39, 0.29) is 41.0 Å². The Morgan fingerprint density at radius 1 is 1.15 bits per heavy atom. The van der Waals surface area contributed by atoms with Gasteiger partial charge in [-0.2, -0.15) is 0 Å². The van der Waals surface area contributed by atoms with E-state index in [0.29, 0.717) is 13.0 Å². The summed E-state index contributed by atoms with van der Waals surface area (Å²) in [5, 5.41) is 18.0. The Hall–Kier alpha value is -0.411. The fraction of sp³-hybridized carbons (Fsp3) is 0.250. The molecule has 1 radical (unpaired) electrons. The molecule has 0 heterocycles. The zero-order chi connectivity index (χ0) is 8.27. The predicted molar refractivity (Wildman–Crippen MR) is 49.8 cm³/mol. The van der Waals surface area contributed by atoms with Gasteiger partial charge in [0.05, 0.1) is 0 Å². The standard InChI is InChI=1S/C8H11NO2.ClH.Cu/c9-4-3-6-1-2-7(10)8(11)5-6;;/h1-2,5,10-11H,3-4,9H2;1H;. The van der Waals surface area contributed by atoms with Gasteiger partial charge in [0.25, 0.3) is 0 Å². The largest absolute Gasteiger partial charge is 0.504 e. The van der Waals surface area contributed by atoms with E-state index in [4.69, 9.17) is 15.9 Å². The van der Waals surface area contributed by atoms with Crippen LogP contribution in [0.3, 0.4) is 0 Å². The van der Waals surface area contributed by atoms with Crippen molar-refractivity contribution in [3.8, 4) is 11.5 Å². The molecule has 0 amide bonds. The topological polar surface area (TPSA) is 66.5 Å². The molecule has 0 saturated heterocycles. The number of hydrogen-bond acceptors (Lipinski definition) is 3. The average molecular weight is 253 g/mol. The van der Waals surface area contributed by atoms with Gasteiger partial charge in [0, 0.05) is 17.1 Å². The van der Waals surface area contributed by atoms with Crippen LogP contribution < -0.4 is 5.73 Å². The van der Waals surface area contributed by atoms with Crippen LogP contribution in [0.25, 0.3) is 0 Å². The van der Waals surface area contributed by atoms with Crippen LogP contribution in [0.5, 0.6) is 11.5 Å². The van der Waals surface area contributed by atoms with Crippen molar-refractivity contribution >= 4 is 12.4 Å². The molecule has 1 aromatic rings. The summed E-state index contributed by atoms with van der Waals surface area (Å²) in [6.07, 6.45) is 0.716. The molecule has 0 aromatic heterocycles. The number of phenols is 2. The monoisotopic (exact) mass is 252 g/mol. The molecule has 3 nitrogen and oxygen atoms in total. The molecular formula is C8H12ClCuNO2. The van der Waals surface area contributed by atoms with Crippen LogP contribution >= 0.6 is 12.4 Å². The number of nitrogens with two attached hydrogens (primary N) is 1. The van der Waals surface area contributed by atoms with Gasteiger partial charge in [-0.3, -0.25) is 0 Å². The van der Waals surface area contributed by atoms with E-state index in [1.165, 1.54) is 12.1 Å². The zero-order valence-corrected chi connectivity index (χ0v) is 8.59. The Bertz CT molecular complexity index is 258. The van der Waals surface area contributed by atoms with Crippen LogP contribution in [0.4, 0.5) is 0 Å². The molecule has 1 aromatic carbocycles. The van der Waals surface area contributed by atoms with Crippen molar-refractivity contribution in [2.24, 2.45) is 5.73 Å². The van der Waals surface area contributed by atoms with Gasteiger partial charge in [-0.25, -0.2) is 0 Å². The van der Waals surface area contributed by atoms with Gasteiger partial charge in [0.1, 0.15) is 0 Å². The predicted octanol–water partition coefficient (Wildman–Crippen LogP) is 1.02. The van der Waals surface area contributed by atoms with Gasteiger partial charge in [-0.05, 0) is 30.7 Å². The van der Waals surface area contributed by atoms with Gasteiger partial charge in [-0.1, -0.05) is 6.07 Å². The van der Waals surface area contributed by atoms with Gasteiger partial charge in [0.2, 0.25) is 0 Å². The molecule has 0 aliphatic carbocycles. The van der Waals surface area contributed by atoms with Crippen molar-refractivity contribution in [1.82, 2.24) is 0 Å². The molecule has 0 aliphatic rings. The maximum Gasteiger partial charge on any atom is 0.157 e.